The van der Waals surface area contributed by atoms with Gasteiger partial charge in [0.1, 0.15) is 28.7 Å². The molecule has 4 aromatic rings. The fourth-order valence-corrected chi connectivity index (χ4v) is 5.50. The van der Waals surface area contributed by atoms with E-state index >= 15 is 0 Å². The molecule has 1 aromatic heterocycles. The summed E-state index contributed by atoms with van der Waals surface area (Å²) in [6.45, 7) is -0.752. The minimum absolute atomic E-state index is 0.000874. The van der Waals surface area contributed by atoms with Crippen molar-refractivity contribution in [1.29, 1.82) is 0 Å². The van der Waals surface area contributed by atoms with Gasteiger partial charge in [-0.1, -0.05) is 12.1 Å². The van der Waals surface area contributed by atoms with Gasteiger partial charge < -0.3 is 24.8 Å². The molecule has 0 bridgehead atoms. The van der Waals surface area contributed by atoms with Gasteiger partial charge >= 0.3 is 5.97 Å². The van der Waals surface area contributed by atoms with E-state index < -0.39 is 50.9 Å². The number of nitrogens with one attached hydrogen (secondary N) is 1. The minimum Gasteiger partial charge on any atom is -0.506 e. The zero-order valence-electron chi connectivity index (χ0n) is 19.3. The number of fused-ring (bicyclic) bond motifs is 2. The second-order valence-electron chi connectivity index (χ2n) is 8.44. The molecule has 2 heterocycles. The SMILES string of the molecule is O=C(O)COc1ccc2c(c1)S(=O)(=O)C=C(c1c(O)c3cc(F)ccc3n(Cc3ccc(F)cc3)c1=O)N2. The molecule has 38 heavy (non-hydrogen) atoms. The number of hydrogen-bond acceptors (Lipinski definition) is 7. The van der Waals surface area contributed by atoms with E-state index in [-0.39, 0.29) is 39.5 Å². The first-order chi connectivity index (χ1) is 18.0. The van der Waals surface area contributed by atoms with Crippen LogP contribution in [0, 0.1) is 11.6 Å². The van der Waals surface area contributed by atoms with Crippen LogP contribution in [0.5, 0.6) is 11.5 Å². The van der Waals surface area contributed by atoms with Crippen LogP contribution >= 0.6 is 0 Å². The monoisotopic (exact) mass is 540 g/mol. The molecule has 194 valence electrons. The van der Waals surface area contributed by atoms with Crippen molar-refractivity contribution in [1.82, 2.24) is 4.57 Å². The highest BCUT2D eigenvalue weighted by Gasteiger charge is 2.29. The number of anilines is 1. The van der Waals surface area contributed by atoms with E-state index in [1.165, 1.54) is 47.0 Å². The Morgan fingerprint density at radius 3 is 2.42 bits per heavy atom. The van der Waals surface area contributed by atoms with Crippen molar-refractivity contribution in [3.63, 3.8) is 0 Å². The first-order valence-corrected chi connectivity index (χ1v) is 12.6. The van der Waals surface area contributed by atoms with Crippen molar-refractivity contribution in [2.45, 2.75) is 11.4 Å². The molecule has 1 aliphatic heterocycles. The van der Waals surface area contributed by atoms with Crippen LogP contribution in [-0.4, -0.2) is 35.8 Å². The Balaban J connectivity index is 1.66. The van der Waals surface area contributed by atoms with Gasteiger partial charge in [-0.05, 0) is 48.0 Å². The quantitative estimate of drug-likeness (QED) is 0.337. The van der Waals surface area contributed by atoms with E-state index in [4.69, 9.17) is 9.84 Å². The van der Waals surface area contributed by atoms with Gasteiger partial charge in [-0.15, -0.1) is 0 Å². The first-order valence-electron chi connectivity index (χ1n) is 11.1. The van der Waals surface area contributed by atoms with Gasteiger partial charge in [-0.25, -0.2) is 22.0 Å². The number of carboxylic acid groups (broad SMARTS) is 1. The number of sulfone groups is 1. The lowest BCUT2D eigenvalue weighted by molar-refractivity contribution is -0.139. The molecule has 0 aliphatic carbocycles. The lowest BCUT2D eigenvalue weighted by Crippen LogP contribution is -2.27. The molecule has 12 heteroatoms. The molecule has 0 amide bonds. The summed E-state index contributed by atoms with van der Waals surface area (Å²) in [6, 6.07) is 12.6. The average Bonchev–Trinajstić information content (AvgIpc) is 2.86. The lowest BCUT2D eigenvalue weighted by atomic mass is 10.1. The average molecular weight is 541 g/mol. The summed E-state index contributed by atoms with van der Waals surface area (Å²) in [4.78, 5) is 24.2. The lowest BCUT2D eigenvalue weighted by Gasteiger charge is -2.22. The van der Waals surface area contributed by atoms with Gasteiger partial charge in [-0.3, -0.25) is 4.79 Å². The molecule has 5 rings (SSSR count). The van der Waals surface area contributed by atoms with Crippen molar-refractivity contribution in [2.24, 2.45) is 0 Å². The summed E-state index contributed by atoms with van der Waals surface area (Å²) < 4.78 is 60.1. The van der Waals surface area contributed by atoms with Gasteiger partial charge in [0.25, 0.3) is 5.56 Å². The highest BCUT2D eigenvalue weighted by Crippen LogP contribution is 2.38. The Kier molecular flexibility index (Phi) is 6.11. The van der Waals surface area contributed by atoms with Crippen LogP contribution in [0.3, 0.4) is 0 Å². The predicted molar refractivity (Wildman–Crippen MR) is 134 cm³/mol. The van der Waals surface area contributed by atoms with Crippen molar-refractivity contribution in [3.05, 3.63) is 99.2 Å². The molecule has 3 N–H and O–H groups in total. The molecule has 0 radical (unpaired) electrons. The van der Waals surface area contributed by atoms with Gasteiger partial charge in [-0.2, -0.15) is 0 Å². The Morgan fingerprint density at radius 1 is 1.00 bits per heavy atom. The van der Waals surface area contributed by atoms with Crippen LogP contribution in [0.2, 0.25) is 0 Å². The number of rotatable bonds is 6. The van der Waals surface area contributed by atoms with Crippen molar-refractivity contribution in [2.75, 3.05) is 11.9 Å². The third-order valence-electron chi connectivity index (χ3n) is 5.89. The third kappa shape index (κ3) is 4.57. The Labute approximate surface area is 213 Å². The molecular weight excluding hydrogens is 522 g/mol. The molecule has 0 spiro atoms. The highest BCUT2D eigenvalue weighted by molar-refractivity contribution is 7.94. The number of carboxylic acids is 1. The number of halogens is 2. The summed E-state index contributed by atoms with van der Waals surface area (Å²) in [7, 11) is -4.20. The van der Waals surface area contributed by atoms with Crippen molar-refractivity contribution >= 4 is 38.1 Å². The standard InChI is InChI=1S/C26H18F2N2O7S/c27-15-3-1-14(2-4-15)11-30-21-8-5-16(28)9-18(21)25(33)24(26(30)34)20-13-38(35,36)22-10-17(37-12-23(31)32)6-7-19(22)29-20/h1-10,13,29,33H,11-12H2,(H,31,32). The van der Waals surface area contributed by atoms with E-state index in [0.29, 0.717) is 5.56 Å². The van der Waals surface area contributed by atoms with Crippen LogP contribution in [0.1, 0.15) is 11.1 Å². The van der Waals surface area contributed by atoms with E-state index in [1.54, 1.807) is 0 Å². The third-order valence-corrected chi connectivity index (χ3v) is 7.38. The van der Waals surface area contributed by atoms with Crippen molar-refractivity contribution in [3.8, 4) is 11.5 Å². The summed E-state index contributed by atoms with van der Waals surface area (Å²) in [5, 5.41) is 23.4. The summed E-state index contributed by atoms with van der Waals surface area (Å²) >= 11 is 0. The largest absolute Gasteiger partial charge is 0.506 e. The van der Waals surface area contributed by atoms with Gasteiger partial charge in [0, 0.05) is 11.5 Å². The van der Waals surface area contributed by atoms with E-state index in [1.807, 2.05) is 0 Å². The topological polar surface area (TPSA) is 135 Å². The van der Waals surface area contributed by atoms with Gasteiger partial charge in [0.15, 0.2) is 6.61 Å². The van der Waals surface area contributed by atoms with Crippen LogP contribution in [0.15, 0.2) is 75.8 Å². The molecule has 1 aliphatic rings. The molecule has 0 fully saturated rings. The van der Waals surface area contributed by atoms with E-state index in [2.05, 4.69) is 5.32 Å². The Morgan fingerprint density at radius 2 is 1.71 bits per heavy atom. The number of pyridine rings is 1. The number of hydrogen-bond donors (Lipinski definition) is 3. The maximum absolute atomic E-state index is 14.2. The highest BCUT2D eigenvalue weighted by atomic mass is 32.2. The maximum Gasteiger partial charge on any atom is 0.341 e. The fourth-order valence-electron chi connectivity index (χ4n) is 4.18. The Bertz CT molecular complexity index is 1810. The molecule has 0 unspecified atom stereocenters. The van der Waals surface area contributed by atoms with Gasteiger partial charge in [0.05, 0.1) is 33.7 Å². The summed E-state index contributed by atoms with van der Waals surface area (Å²) in [6.07, 6.45) is 0. The van der Waals surface area contributed by atoms with Crippen LogP contribution in [0.4, 0.5) is 14.5 Å². The maximum atomic E-state index is 14.2. The van der Waals surface area contributed by atoms with Crippen molar-refractivity contribution < 1.29 is 36.9 Å². The molecule has 0 saturated heterocycles. The summed E-state index contributed by atoms with van der Waals surface area (Å²) in [5.41, 5.74) is -0.669. The molecule has 3 aromatic carbocycles. The number of aliphatic carboxylic acids is 1. The zero-order chi connectivity index (χ0) is 27.2. The predicted octanol–water partition coefficient (Wildman–Crippen LogP) is 3.69. The number of carbonyl (C=O) groups is 1. The molecule has 0 saturated carbocycles. The molecule has 9 nitrogen and oxygen atoms in total. The van der Waals surface area contributed by atoms with Crippen LogP contribution in [0.25, 0.3) is 16.6 Å². The number of aromatic nitrogens is 1. The van der Waals surface area contributed by atoms with Gasteiger partial charge in [0.2, 0.25) is 9.84 Å². The second kappa shape index (κ2) is 9.30. The van der Waals surface area contributed by atoms with Crippen LogP contribution < -0.4 is 15.6 Å². The zero-order valence-corrected chi connectivity index (χ0v) is 20.1. The van der Waals surface area contributed by atoms with E-state index in [0.717, 1.165) is 23.6 Å². The second-order valence-corrected chi connectivity index (χ2v) is 10.2. The van der Waals surface area contributed by atoms with Crippen LogP contribution in [-0.2, 0) is 21.2 Å². The van der Waals surface area contributed by atoms with E-state index in [9.17, 15) is 31.9 Å². The molecular formula is C26H18F2N2O7S. The number of aromatic hydroxyl groups is 1. The summed E-state index contributed by atoms with van der Waals surface area (Å²) in [5.74, 6) is -3.04. The number of ether oxygens (including phenoxy) is 1. The normalized spacial score (nSPS) is 13.9. The number of nitrogens with zero attached hydrogens (tertiary/aromatic N) is 1. The smallest absolute Gasteiger partial charge is 0.341 e. The Hall–Kier alpha value is -4.71. The minimum atomic E-state index is -4.20. The molecule has 0 atom stereocenters. The first kappa shape index (κ1) is 25.0. The fraction of sp³-hybridized carbons (Fsp3) is 0.0769. The number of benzene rings is 3.